The van der Waals surface area contributed by atoms with Crippen LogP contribution < -0.4 is 4.89 Å². The molecule has 0 aromatic rings. The summed E-state index contributed by atoms with van der Waals surface area (Å²) in [6, 6.07) is 0. The summed E-state index contributed by atoms with van der Waals surface area (Å²) in [7, 11) is 1.16. The Morgan fingerprint density at radius 3 is 1.54 bits per heavy atom. The monoisotopic (exact) mass is 758 g/mol. The van der Waals surface area contributed by atoms with Gasteiger partial charge in [0.2, 0.25) is 0 Å². The molecule has 0 amide bonds. The molecule has 0 aliphatic rings. The number of allylic oxidation sites excluding steroid dienone is 4. The lowest BCUT2D eigenvalue weighted by Crippen LogP contribution is -2.37. The van der Waals surface area contributed by atoms with Gasteiger partial charge in [-0.15, -0.1) is 0 Å². The quantitative estimate of drug-likeness (QED) is 0.0201. The maximum atomic E-state index is 12.6. The third-order valence-corrected chi connectivity index (χ3v) is 9.92. The Kier molecular flexibility index (Phi) is 34.2. The summed E-state index contributed by atoms with van der Waals surface area (Å²) in [5.74, 6) is -0.845. The predicted molar refractivity (Wildman–Crippen MR) is 213 cm³/mol. The number of likely N-dealkylation sites (N-methyl/N-ethyl adjacent to an activating group) is 1. The number of phosphoric acid groups is 1. The average molecular weight is 758 g/mol. The lowest BCUT2D eigenvalue weighted by molar-refractivity contribution is -0.870. The van der Waals surface area contributed by atoms with Crippen LogP contribution in [0.15, 0.2) is 24.3 Å². The Labute approximate surface area is 319 Å². The van der Waals surface area contributed by atoms with E-state index in [9.17, 15) is 19.0 Å². The molecule has 0 bridgehead atoms. The Morgan fingerprint density at radius 2 is 1.02 bits per heavy atom. The van der Waals surface area contributed by atoms with E-state index < -0.39 is 26.5 Å². The number of carbonyl (C=O) groups excluding carboxylic acids is 2. The topological polar surface area (TPSA) is 111 Å². The van der Waals surface area contributed by atoms with Crippen LogP contribution in [0.2, 0.25) is 0 Å². The molecule has 0 fully saturated rings. The van der Waals surface area contributed by atoms with Gasteiger partial charge in [0.05, 0.1) is 27.7 Å². The molecule has 306 valence electrons. The van der Waals surface area contributed by atoms with Crippen molar-refractivity contribution in [3.8, 4) is 0 Å². The van der Waals surface area contributed by atoms with Crippen LogP contribution in [0.4, 0.5) is 0 Å². The number of unbranched alkanes of at least 4 members (excludes halogenated alkanes) is 20. The molecule has 52 heavy (non-hydrogen) atoms. The molecule has 1 unspecified atom stereocenters. The fraction of sp³-hybridized carbons (Fsp3) is 0.857. The standard InChI is InChI=1S/C42H80NO8P/c1-6-8-10-12-14-16-18-20-21-23-25-27-29-31-33-35-42(45)51-40(39-50-52(46,47)49-37-36-43(3,4)5)38-48-41(44)34-32-30-28-26-24-22-19-17-15-13-11-9-7-2/h12,14,20-21,40H,6-11,13,15-19,22-39H2,1-5H3/b14-12+,21-20+/t40-/m1/s1. The van der Waals surface area contributed by atoms with Crippen LogP contribution in [-0.4, -0.2) is 70.0 Å². The second-order valence-corrected chi connectivity index (χ2v) is 16.8. The van der Waals surface area contributed by atoms with Crippen LogP contribution in [0.1, 0.15) is 181 Å². The number of carbonyl (C=O) groups is 2. The maximum Gasteiger partial charge on any atom is 0.306 e. The van der Waals surface area contributed by atoms with Gasteiger partial charge in [0.25, 0.3) is 7.82 Å². The number of hydrogen-bond donors (Lipinski definition) is 0. The summed E-state index contributed by atoms with van der Waals surface area (Å²) < 4.78 is 33.8. The van der Waals surface area contributed by atoms with Gasteiger partial charge < -0.3 is 27.9 Å². The highest BCUT2D eigenvalue weighted by Gasteiger charge is 2.21. The van der Waals surface area contributed by atoms with Gasteiger partial charge in [-0.2, -0.15) is 0 Å². The fourth-order valence-electron chi connectivity index (χ4n) is 5.59. The van der Waals surface area contributed by atoms with Crippen LogP contribution in [-0.2, 0) is 32.7 Å². The highest BCUT2D eigenvalue weighted by molar-refractivity contribution is 7.45. The van der Waals surface area contributed by atoms with Gasteiger partial charge in [-0.3, -0.25) is 14.2 Å². The molecule has 0 aliphatic heterocycles. The minimum Gasteiger partial charge on any atom is -0.756 e. The summed E-state index contributed by atoms with van der Waals surface area (Å²) in [5, 5.41) is 0. The number of esters is 2. The Morgan fingerprint density at radius 1 is 0.577 bits per heavy atom. The number of quaternary nitrogens is 1. The van der Waals surface area contributed by atoms with E-state index in [4.69, 9.17) is 18.5 Å². The van der Waals surface area contributed by atoms with Crippen molar-refractivity contribution in [3.63, 3.8) is 0 Å². The molecule has 0 heterocycles. The zero-order chi connectivity index (χ0) is 38.6. The molecular weight excluding hydrogens is 677 g/mol. The van der Waals surface area contributed by atoms with Gasteiger partial charge in [0, 0.05) is 12.8 Å². The van der Waals surface area contributed by atoms with Crippen LogP contribution in [0.5, 0.6) is 0 Å². The van der Waals surface area contributed by atoms with Crippen LogP contribution in [0.3, 0.4) is 0 Å². The second kappa shape index (κ2) is 35.2. The van der Waals surface area contributed by atoms with Crippen LogP contribution in [0.25, 0.3) is 0 Å². The first-order chi connectivity index (χ1) is 25.0. The van der Waals surface area contributed by atoms with Crippen molar-refractivity contribution in [1.82, 2.24) is 0 Å². The fourth-order valence-corrected chi connectivity index (χ4v) is 6.32. The molecule has 9 nitrogen and oxygen atoms in total. The van der Waals surface area contributed by atoms with Gasteiger partial charge in [-0.05, 0) is 44.9 Å². The van der Waals surface area contributed by atoms with Crippen LogP contribution in [0, 0.1) is 0 Å². The molecule has 0 spiro atoms. The maximum absolute atomic E-state index is 12.6. The van der Waals surface area contributed by atoms with Crippen molar-refractivity contribution < 1.29 is 42.1 Å². The molecule has 0 rings (SSSR count). The van der Waals surface area contributed by atoms with E-state index in [1.165, 1.54) is 83.5 Å². The number of ether oxygens (including phenoxy) is 2. The molecule has 2 atom stereocenters. The van der Waals surface area contributed by atoms with Gasteiger partial charge in [-0.25, -0.2) is 0 Å². The lowest BCUT2D eigenvalue weighted by atomic mass is 10.0. The Bertz CT molecular complexity index is 949. The van der Waals surface area contributed by atoms with E-state index in [-0.39, 0.29) is 32.0 Å². The van der Waals surface area contributed by atoms with Crippen molar-refractivity contribution in [2.75, 3.05) is 47.5 Å². The third-order valence-electron chi connectivity index (χ3n) is 8.95. The van der Waals surface area contributed by atoms with Crippen molar-refractivity contribution in [1.29, 1.82) is 0 Å². The van der Waals surface area contributed by atoms with Crippen molar-refractivity contribution >= 4 is 19.8 Å². The van der Waals surface area contributed by atoms with Gasteiger partial charge in [0.15, 0.2) is 6.10 Å². The zero-order valence-electron chi connectivity index (χ0n) is 34.3. The average Bonchev–Trinajstić information content (AvgIpc) is 3.09. The zero-order valence-corrected chi connectivity index (χ0v) is 35.2. The smallest absolute Gasteiger partial charge is 0.306 e. The van der Waals surface area contributed by atoms with Gasteiger partial charge >= 0.3 is 11.9 Å². The van der Waals surface area contributed by atoms with E-state index in [0.717, 1.165) is 64.2 Å². The molecule has 0 aliphatic carbocycles. The third kappa shape index (κ3) is 38.2. The summed E-state index contributed by atoms with van der Waals surface area (Å²) in [5.41, 5.74) is 0. The Hall–Kier alpha value is -1.51. The SMILES string of the molecule is CCCC/C=C/CC/C=C/CCCCCCCC(=O)O[C@H](COC(=O)CCCCCCCCCCCCCCC)COP(=O)([O-])OCC[N+](C)(C)C. The summed E-state index contributed by atoms with van der Waals surface area (Å²) in [4.78, 5) is 37.4. The highest BCUT2D eigenvalue weighted by atomic mass is 31.2. The Balaban J connectivity index is 4.40. The van der Waals surface area contributed by atoms with E-state index in [2.05, 4.69) is 38.2 Å². The summed E-state index contributed by atoms with van der Waals surface area (Å²) >= 11 is 0. The van der Waals surface area contributed by atoms with E-state index in [0.29, 0.717) is 17.4 Å². The van der Waals surface area contributed by atoms with E-state index in [1.54, 1.807) is 0 Å². The largest absolute Gasteiger partial charge is 0.756 e. The van der Waals surface area contributed by atoms with Gasteiger partial charge in [-0.1, -0.05) is 147 Å². The first kappa shape index (κ1) is 50.5. The normalized spacial score (nSPS) is 13.9. The van der Waals surface area contributed by atoms with Gasteiger partial charge in [0.1, 0.15) is 19.8 Å². The minimum atomic E-state index is -4.62. The molecule has 0 saturated carbocycles. The van der Waals surface area contributed by atoms with Crippen molar-refractivity contribution in [3.05, 3.63) is 24.3 Å². The molecule has 0 N–H and O–H groups in total. The van der Waals surface area contributed by atoms with Crippen molar-refractivity contribution in [2.45, 2.75) is 187 Å². The minimum absolute atomic E-state index is 0.0318. The summed E-state index contributed by atoms with van der Waals surface area (Å²) in [6.45, 7) is 4.17. The van der Waals surface area contributed by atoms with E-state index >= 15 is 0 Å². The molecular formula is C42H80NO8P. The van der Waals surface area contributed by atoms with Crippen molar-refractivity contribution in [2.24, 2.45) is 0 Å². The predicted octanol–water partition coefficient (Wildman–Crippen LogP) is 10.9. The second-order valence-electron chi connectivity index (χ2n) is 15.3. The first-order valence-corrected chi connectivity index (χ1v) is 22.5. The molecule has 0 saturated heterocycles. The molecule has 0 aromatic heterocycles. The summed E-state index contributed by atoms with van der Waals surface area (Å²) in [6.07, 6.45) is 36.2. The number of nitrogens with zero attached hydrogens (tertiary/aromatic N) is 1. The number of hydrogen-bond acceptors (Lipinski definition) is 8. The van der Waals surface area contributed by atoms with Crippen LogP contribution >= 0.6 is 7.82 Å². The molecule has 0 aromatic carbocycles. The number of phosphoric ester groups is 1. The molecule has 0 radical (unpaired) electrons. The molecule has 10 heteroatoms. The van der Waals surface area contributed by atoms with E-state index in [1.807, 2.05) is 21.1 Å². The lowest BCUT2D eigenvalue weighted by Gasteiger charge is -2.28. The first-order valence-electron chi connectivity index (χ1n) is 21.0. The number of rotatable bonds is 38. The highest BCUT2D eigenvalue weighted by Crippen LogP contribution is 2.38.